The summed E-state index contributed by atoms with van der Waals surface area (Å²) in [5.41, 5.74) is -0.336. The van der Waals surface area contributed by atoms with Crippen molar-refractivity contribution in [3.63, 3.8) is 0 Å². The SMILES string of the molecule is COc1cc2c(cc1Cc1ccc(F)c(Cl)c1F)c(=O)c(C(=O)O)cn2[C@H](CO)C(C)C. The molecule has 0 unspecified atom stereocenters. The van der Waals surface area contributed by atoms with E-state index in [-0.39, 0.29) is 29.9 Å². The van der Waals surface area contributed by atoms with Gasteiger partial charge in [0.15, 0.2) is 0 Å². The maximum absolute atomic E-state index is 14.5. The van der Waals surface area contributed by atoms with Gasteiger partial charge in [0.2, 0.25) is 5.43 Å². The van der Waals surface area contributed by atoms with Crippen molar-refractivity contribution >= 4 is 28.5 Å². The monoisotopic (exact) mass is 465 g/mol. The molecular formula is C23H22ClF2NO5. The lowest BCUT2D eigenvalue weighted by molar-refractivity contribution is 0.0694. The number of fused-ring (bicyclic) bond motifs is 1. The van der Waals surface area contributed by atoms with Crippen LogP contribution in [0.1, 0.15) is 41.4 Å². The summed E-state index contributed by atoms with van der Waals surface area (Å²) >= 11 is 5.68. The van der Waals surface area contributed by atoms with E-state index in [2.05, 4.69) is 0 Å². The molecule has 3 aromatic rings. The van der Waals surface area contributed by atoms with Crippen LogP contribution in [0.3, 0.4) is 0 Å². The standard InChI is InChI=1S/C23H22ClF2NO5/c1-11(2)18(10-28)27-9-15(23(30)31)22(29)14-7-13(19(32-3)8-17(14)27)6-12-4-5-16(25)20(24)21(12)26/h4-5,7-9,11,18,28H,6,10H2,1-3H3,(H,30,31)/t18-/m1/s1. The van der Waals surface area contributed by atoms with E-state index >= 15 is 0 Å². The minimum absolute atomic E-state index is 0.0741. The van der Waals surface area contributed by atoms with E-state index < -0.39 is 39.7 Å². The summed E-state index contributed by atoms with van der Waals surface area (Å²) in [4.78, 5) is 24.6. The molecule has 0 amide bonds. The molecular weight excluding hydrogens is 444 g/mol. The molecule has 0 aliphatic heterocycles. The number of aromatic nitrogens is 1. The quantitative estimate of drug-likeness (QED) is 0.504. The Morgan fingerprint density at radius 2 is 1.91 bits per heavy atom. The Kier molecular flexibility index (Phi) is 6.85. The number of hydrogen-bond acceptors (Lipinski definition) is 4. The third kappa shape index (κ3) is 4.20. The summed E-state index contributed by atoms with van der Waals surface area (Å²) in [7, 11) is 1.40. The minimum atomic E-state index is -1.40. The zero-order chi connectivity index (χ0) is 23.7. The van der Waals surface area contributed by atoms with Crippen LogP contribution >= 0.6 is 11.6 Å². The van der Waals surface area contributed by atoms with E-state index in [1.54, 1.807) is 10.6 Å². The van der Waals surface area contributed by atoms with Gasteiger partial charge in [-0.2, -0.15) is 0 Å². The Morgan fingerprint density at radius 1 is 1.22 bits per heavy atom. The predicted molar refractivity (Wildman–Crippen MR) is 117 cm³/mol. The fourth-order valence-corrected chi connectivity index (χ4v) is 3.89. The molecule has 0 radical (unpaired) electrons. The van der Waals surface area contributed by atoms with Crippen LogP contribution in [0.5, 0.6) is 5.75 Å². The zero-order valence-corrected chi connectivity index (χ0v) is 18.4. The smallest absolute Gasteiger partial charge is 0.341 e. The van der Waals surface area contributed by atoms with Crippen molar-refractivity contribution in [2.45, 2.75) is 26.3 Å². The number of rotatable bonds is 7. The number of carboxylic acid groups (broad SMARTS) is 1. The molecule has 170 valence electrons. The van der Waals surface area contributed by atoms with Gasteiger partial charge in [-0.05, 0) is 29.2 Å². The third-order valence-electron chi connectivity index (χ3n) is 5.47. The second-order valence-corrected chi connectivity index (χ2v) is 8.15. The van der Waals surface area contributed by atoms with E-state index in [0.29, 0.717) is 16.8 Å². The number of aliphatic hydroxyl groups excluding tert-OH is 1. The molecule has 0 saturated heterocycles. The van der Waals surface area contributed by atoms with E-state index in [1.807, 2.05) is 13.8 Å². The van der Waals surface area contributed by atoms with Gasteiger partial charge < -0.3 is 19.5 Å². The molecule has 9 heteroatoms. The molecule has 3 rings (SSSR count). The molecule has 1 atom stereocenters. The van der Waals surface area contributed by atoms with Gasteiger partial charge in [0.05, 0.1) is 25.3 Å². The van der Waals surface area contributed by atoms with Gasteiger partial charge in [0, 0.05) is 24.1 Å². The lowest BCUT2D eigenvalue weighted by Crippen LogP contribution is -2.25. The van der Waals surface area contributed by atoms with Gasteiger partial charge in [-0.15, -0.1) is 0 Å². The molecule has 0 spiro atoms. The molecule has 0 aliphatic carbocycles. The average molecular weight is 466 g/mol. The van der Waals surface area contributed by atoms with Crippen LogP contribution in [0.25, 0.3) is 10.9 Å². The first-order valence-electron chi connectivity index (χ1n) is 9.82. The Morgan fingerprint density at radius 3 is 2.47 bits per heavy atom. The van der Waals surface area contributed by atoms with Crippen LogP contribution in [-0.2, 0) is 6.42 Å². The molecule has 0 bridgehead atoms. The Labute approximate surface area is 187 Å². The van der Waals surface area contributed by atoms with Crippen molar-refractivity contribution in [3.05, 3.63) is 74.0 Å². The van der Waals surface area contributed by atoms with Crippen molar-refractivity contribution < 1.29 is 28.5 Å². The van der Waals surface area contributed by atoms with Crippen LogP contribution in [0.2, 0.25) is 5.02 Å². The number of carboxylic acids is 1. The topological polar surface area (TPSA) is 88.8 Å². The highest BCUT2D eigenvalue weighted by molar-refractivity contribution is 6.30. The van der Waals surface area contributed by atoms with Crippen LogP contribution in [-0.4, -0.2) is 34.5 Å². The Balaban J connectivity index is 2.31. The summed E-state index contributed by atoms with van der Waals surface area (Å²) < 4.78 is 35.0. The summed E-state index contributed by atoms with van der Waals surface area (Å²) in [6, 6.07) is 4.77. The number of benzene rings is 2. The van der Waals surface area contributed by atoms with Gasteiger partial charge in [0.1, 0.15) is 28.0 Å². The number of hydrogen-bond donors (Lipinski definition) is 2. The number of aromatic carboxylic acids is 1. The fourth-order valence-electron chi connectivity index (χ4n) is 3.70. The molecule has 0 fully saturated rings. The van der Waals surface area contributed by atoms with Gasteiger partial charge in [0.25, 0.3) is 0 Å². The number of carbonyl (C=O) groups is 1. The highest BCUT2D eigenvalue weighted by Gasteiger charge is 2.23. The highest BCUT2D eigenvalue weighted by Crippen LogP contribution is 2.32. The van der Waals surface area contributed by atoms with Crippen molar-refractivity contribution in [2.75, 3.05) is 13.7 Å². The molecule has 6 nitrogen and oxygen atoms in total. The van der Waals surface area contributed by atoms with E-state index in [1.165, 1.54) is 25.4 Å². The van der Waals surface area contributed by atoms with E-state index in [0.717, 1.165) is 6.07 Å². The summed E-state index contributed by atoms with van der Waals surface area (Å²) in [6.45, 7) is 3.44. The van der Waals surface area contributed by atoms with Crippen LogP contribution in [0.15, 0.2) is 35.3 Å². The molecule has 0 saturated carbocycles. The second-order valence-electron chi connectivity index (χ2n) is 7.77. The summed E-state index contributed by atoms with van der Waals surface area (Å²) in [5, 5.41) is 18.9. The van der Waals surface area contributed by atoms with Gasteiger partial charge in [-0.3, -0.25) is 4.79 Å². The average Bonchev–Trinajstić information content (AvgIpc) is 2.75. The number of halogens is 3. The molecule has 2 aromatic carbocycles. The first-order valence-corrected chi connectivity index (χ1v) is 10.2. The molecule has 0 aliphatic rings. The number of methoxy groups -OCH3 is 1. The zero-order valence-electron chi connectivity index (χ0n) is 17.7. The predicted octanol–water partition coefficient (Wildman–Crippen LogP) is 4.42. The fraction of sp³-hybridized carbons (Fsp3) is 0.304. The Bertz CT molecular complexity index is 1260. The molecule has 1 heterocycles. The van der Waals surface area contributed by atoms with E-state index in [9.17, 15) is 28.6 Å². The first-order chi connectivity index (χ1) is 15.1. The molecule has 32 heavy (non-hydrogen) atoms. The van der Waals surface area contributed by atoms with Crippen molar-refractivity contribution in [1.29, 1.82) is 0 Å². The van der Waals surface area contributed by atoms with Gasteiger partial charge >= 0.3 is 5.97 Å². The molecule has 1 aromatic heterocycles. The van der Waals surface area contributed by atoms with Gasteiger partial charge in [-0.25, -0.2) is 13.6 Å². The van der Waals surface area contributed by atoms with Crippen molar-refractivity contribution in [2.24, 2.45) is 5.92 Å². The highest BCUT2D eigenvalue weighted by atomic mass is 35.5. The summed E-state index contributed by atoms with van der Waals surface area (Å²) in [5.74, 6) is -2.98. The lowest BCUT2D eigenvalue weighted by Gasteiger charge is -2.25. The maximum atomic E-state index is 14.5. The maximum Gasteiger partial charge on any atom is 0.341 e. The third-order valence-corrected chi connectivity index (χ3v) is 5.82. The number of pyridine rings is 1. The Hall–Kier alpha value is -2.97. The summed E-state index contributed by atoms with van der Waals surface area (Å²) in [6.07, 6.45) is 1.14. The van der Waals surface area contributed by atoms with Crippen LogP contribution in [0.4, 0.5) is 8.78 Å². The lowest BCUT2D eigenvalue weighted by atomic mass is 9.98. The first kappa shape index (κ1) is 23.7. The van der Waals surface area contributed by atoms with Gasteiger partial charge in [-0.1, -0.05) is 31.5 Å². The number of nitrogens with zero attached hydrogens (tertiary/aromatic N) is 1. The van der Waals surface area contributed by atoms with Crippen molar-refractivity contribution in [3.8, 4) is 5.75 Å². The largest absolute Gasteiger partial charge is 0.496 e. The van der Waals surface area contributed by atoms with Crippen LogP contribution < -0.4 is 10.2 Å². The van der Waals surface area contributed by atoms with Crippen molar-refractivity contribution in [1.82, 2.24) is 4.57 Å². The molecule has 2 N–H and O–H groups in total. The number of ether oxygens (including phenoxy) is 1. The van der Waals surface area contributed by atoms with E-state index in [4.69, 9.17) is 16.3 Å². The minimum Gasteiger partial charge on any atom is -0.496 e. The number of aliphatic hydroxyl groups is 1. The normalized spacial score (nSPS) is 12.4. The van der Waals surface area contributed by atoms with Crippen LogP contribution in [0, 0.1) is 17.6 Å². The second kappa shape index (κ2) is 9.26.